The van der Waals surface area contributed by atoms with Crippen molar-refractivity contribution in [3.8, 4) is 5.82 Å². The van der Waals surface area contributed by atoms with Crippen LogP contribution in [0.3, 0.4) is 0 Å². The number of carboxylic acid groups (broad SMARTS) is 1. The molecule has 1 N–H and O–H groups in total. The van der Waals surface area contributed by atoms with Crippen LogP contribution in [0.15, 0.2) is 59.8 Å². The fourth-order valence-corrected chi connectivity index (χ4v) is 6.24. The minimum Gasteiger partial charge on any atom is -0.480 e. The molecule has 0 aliphatic heterocycles. The van der Waals surface area contributed by atoms with Gasteiger partial charge in [-0.15, -0.1) is 5.10 Å². The highest BCUT2D eigenvalue weighted by Gasteiger charge is 2.32. The van der Waals surface area contributed by atoms with Crippen LogP contribution in [-0.4, -0.2) is 40.8 Å². The second-order valence-electron chi connectivity index (χ2n) is 7.36. The van der Waals surface area contributed by atoms with E-state index < -0.39 is 34.3 Å². The van der Waals surface area contributed by atoms with Crippen LogP contribution in [0.5, 0.6) is 0 Å². The Morgan fingerprint density at radius 1 is 1.11 bits per heavy atom. The highest BCUT2D eigenvalue weighted by molar-refractivity contribution is 14.1. The van der Waals surface area contributed by atoms with Crippen LogP contribution >= 0.6 is 45.8 Å². The van der Waals surface area contributed by atoms with Gasteiger partial charge in [-0.1, -0.05) is 23.2 Å². The van der Waals surface area contributed by atoms with Gasteiger partial charge < -0.3 is 5.11 Å². The van der Waals surface area contributed by atoms with Gasteiger partial charge in [-0.25, -0.2) is 8.42 Å². The average molecular weight is 671 g/mol. The second-order valence-corrected chi connectivity index (χ2v) is 11.3. The number of benzene rings is 2. The fourth-order valence-electron chi connectivity index (χ4n) is 3.39. The van der Waals surface area contributed by atoms with Crippen molar-refractivity contribution in [2.45, 2.75) is 11.1 Å². The molecule has 2 aromatic carbocycles. The molecular weight excluding hydrogens is 659 g/mol. The molecule has 8 nitrogen and oxygen atoms in total. The number of hydrogen-bond acceptors (Lipinski definition) is 5. The zero-order valence-electron chi connectivity index (χ0n) is 17.5. The Labute approximate surface area is 225 Å². The van der Waals surface area contributed by atoms with Gasteiger partial charge in [0.25, 0.3) is 10.0 Å². The van der Waals surface area contributed by atoms with E-state index in [9.17, 15) is 31.5 Å². The van der Waals surface area contributed by atoms with Crippen LogP contribution in [0.25, 0.3) is 16.7 Å². The summed E-state index contributed by atoms with van der Waals surface area (Å²) in [5.74, 6) is -1.52. The SMILES string of the molecule is O=C(O)CN(c1ccc2c(c1)c(I)cn2-c1cc(C(F)(F)F)cnn1)S(=O)(=O)c1cc(Cl)cc(Cl)c1. The third-order valence-electron chi connectivity index (χ3n) is 4.95. The van der Waals surface area contributed by atoms with E-state index in [0.29, 0.717) is 25.0 Å². The molecular formula is C21H12Cl2F3IN4O4S. The smallest absolute Gasteiger partial charge is 0.418 e. The molecule has 15 heteroatoms. The number of rotatable bonds is 6. The zero-order valence-corrected chi connectivity index (χ0v) is 22.0. The highest BCUT2D eigenvalue weighted by atomic mass is 127. The Balaban J connectivity index is 1.85. The van der Waals surface area contributed by atoms with Crippen molar-refractivity contribution in [2.75, 3.05) is 10.8 Å². The summed E-state index contributed by atoms with van der Waals surface area (Å²) in [5.41, 5.74) is -0.582. The number of carbonyl (C=O) groups is 1. The minimum atomic E-state index is -4.62. The van der Waals surface area contributed by atoms with Crippen LogP contribution in [0.2, 0.25) is 10.0 Å². The fraction of sp³-hybridized carbons (Fsp3) is 0.0952. The van der Waals surface area contributed by atoms with E-state index in [4.69, 9.17) is 23.2 Å². The summed E-state index contributed by atoms with van der Waals surface area (Å²) in [4.78, 5) is 11.2. The van der Waals surface area contributed by atoms with Gasteiger partial charge in [0.15, 0.2) is 5.82 Å². The molecule has 0 saturated heterocycles. The summed E-state index contributed by atoms with van der Waals surface area (Å²) >= 11 is 13.8. The Kier molecular flexibility index (Phi) is 7.11. The van der Waals surface area contributed by atoms with Gasteiger partial charge in [-0.2, -0.15) is 18.3 Å². The summed E-state index contributed by atoms with van der Waals surface area (Å²) in [6.45, 7) is -0.908. The zero-order chi connectivity index (χ0) is 26.4. The van der Waals surface area contributed by atoms with E-state index in [-0.39, 0.29) is 26.4 Å². The Morgan fingerprint density at radius 3 is 2.39 bits per heavy atom. The number of anilines is 1. The van der Waals surface area contributed by atoms with E-state index >= 15 is 0 Å². The lowest BCUT2D eigenvalue weighted by Gasteiger charge is -2.23. The molecule has 4 aromatic rings. The molecule has 36 heavy (non-hydrogen) atoms. The third-order valence-corrected chi connectivity index (χ3v) is 7.99. The first-order valence-corrected chi connectivity index (χ1v) is 13.0. The van der Waals surface area contributed by atoms with Crippen molar-refractivity contribution >= 4 is 78.4 Å². The number of sulfonamides is 1. The quantitative estimate of drug-likeness (QED) is 0.267. The number of nitrogens with zero attached hydrogens (tertiary/aromatic N) is 4. The number of fused-ring (bicyclic) bond motifs is 1. The van der Waals surface area contributed by atoms with Gasteiger partial charge in [-0.3, -0.25) is 13.7 Å². The van der Waals surface area contributed by atoms with Gasteiger partial charge in [0.2, 0.25) is 0 Å². The summed E-state index contributed by atoms with van der Waals surface area (Å²) < 4.78 is 68.8. The van der Waals surface area contributed by atoms with Crippen molar-refractivity contribution in [3.63, 3.8) is 0 Å². The highest BCUT2D eigenvalue weighted by Crippen LogP contribution is 2.34. The van der Waals surface area contributed by atoms with E-state index in [1.54, 1.807) is 0 Å². The van der Waals surface area contributed by atoms with E-state index in [0.717, 1.165) is 18.2 Å². The molecule has 0 bridgehead atoms. The molecule has 0 spiro atoms. The van der Waals surface area contributed by atoms with Gasteiger partial charge in [0.1, 0.15) is 6.54 Å². The second kappa shape index (κ2) is 9.68. The molecule has 0 aliphatic carbocycles. The topological polar surface area (TPSA) is 105 Å². The van der Waals surface area contributed by atoms with Gasteiger partial charge >= 0.3 is 12.1 Å². The van der Waals surface area contributed by atoms with Crippen LogP contribution < -0.4 is 4.31 Å². The molecule has 4 rings (SSSR count). The van der Waals surface area contributed by atoms with E-state index in [1.165, 1.54) is 35.0 Å². The molecule has 188 valence electrons. The van der Waals surface area contributed by atoms with Crippen molar-refractivity contribution in [1.29, 1.82) is 0 Å². The summed E-state index contributed by atoms with van der Waals surface area (Å²) in [7, 11) is -4.42. The maximum atomic E-state index is 13.4. The Bertz CT molecular complexity index is 1590. The van der Waals surface area contributed by atoms with Gasteiger partial charge in [-0.05, 0) is 65.1 Å². The van der Waals surface area contributed by atoms with Crippen molar-refractivity contribution in [2.24, 2.45) is 0 Å². The molecule has 0 radical (unpaired) electrons. The van der Waals surface area contributed by atoms with Gasteiger partial charge in [0, 0.05) is 25.2 Å². The number of alkyl halides is 3. The van der Waals surface area contributed by atoms with E-state index in [2.05, 4.69) is 10.2 Å². The maximum absolute atomic E-state index is 13.4. The van der Waals surface area contributed by atoms with Crippen molar-refractivity contribution < 1.29 is 31.5 Å². The minimum absolute atomic E-state index is 0.00629. The van der Waals surface area contributed by atoms with Gasteiger partial charge in [0.05, 0.1) is 27.9 Å². The normalized spacial score (nSPS) is 12.2. The predicted octanol–water partition coefficient (Wildman–Crippen LogP) is 5.63. The van der Waals surface area contributed by atoms with Crippen molar-refractivity contribution in [3.05, 3.63) is 74.0 Å². The molecule has 0 fully saturated rings. The predicted molar refractivity (Wildman–Crippen MR) is 135 cm³/mol. The average Bonchev–Trinajstić information content (AvgIpc) is 3.12. The largest absolute Gasteiger partial charge is 0.480 e. The maximum Gasteiger partial charge on any atom is 0.418 e. The number of carboxylic acids is 1. The van der Waals surface area contributed by atoms with Crippen LogP contribution in [0.4, 0.5) is 18.9 Å². The molecule has 0 aliphatic rings. The lowest BCUT2D eigenvalue weighted by atomic mass is 10.2. The van der Waals surface area contributed by atoms with E-state index in [1.807, 2.05) is 22.6 Å². The third kappa shape index (κ3) is 5.23. The van der Waals surface area contributed by atoms with Crippen LogP contribution in [0.1, 0.15) is 5.56 Å². The Hall–Kier alpha value is -2.62. The summed E-state index contributed by atoms with van der Waals surface area (Å²) in [6.07, 6.45) is -2.51. The molecule has 0 unspecified atom stereocenters. The molecule has 2 heterocycles. The standard InChI is InChI=1S/C21H12Cl2F3IN4O4S/c22-12-4-13(23)6-15(5-12)36(34,35)31(10-20(32)33)14-1-2-18-16(7-14)17(27)9-30(18)19-3-11(8-28-29-19)21(24,25)26/h1-9H,10H2,(H,32,33). The van der Waals surface area contributed by atoms with Crippen LogP contribution in [-0.2, 0) is 21.0 Å². The summed E-state index contributed by atoms with van der Waals surface area (Å²) in [5, 5.41) is 17.2. The number of aliphatic carboxylic acids is 1. The first-order chi connectivity index (χ1) is 16.8. The van der Waals surface area contributed by atoms with Crippen molar-refractivity contribution in [1.82, 2.24) is 14.8 Å². The molecule has 0 atom stereocenters. The van der Waals surface area contributed by atoms with Crippen LogP contribution in [0, 0.1) is 3.57 Å². The Morgan fingerprint density at radius 2 is 1.78 bits per heavy atom. The first-order valence-electron chi connectivity index (χ1n) is 9.69. The molecule has 2 aromatic heterocycles. The lowest BCUT2D eigenvalue weighted by Crippen LogP contribution is -2.35. The lowest BCUT2D eigenvalue weighted by molar-refractivity contribution is -0.138. The number of halogens is 6. The first kappa shape index (κ1) is 26.4. The number of hydrogen-bond donors (Lipinski definition) is 1. The molecule has 0 amide bonds. The molecule has 0 saturated carbocycles. The number of aromatic nitrogens is 3. The monoisotopic (exact) mass is 670 g/mol. The summed E-state index contributed by atoms with van der Waals surface area (Å²) in [6, 6.07) is 8.65.